The molecule has 0 bridgehead atoms. The van der Waals surface area contributed by atoms with E-state index in [1.54, 1.807) is 6.92 Å². The monoisotopic (exact) mass is 237 g/mol. The lowest BCUT2D eigenvalue weighted by molar-refractivity contribution is -0.127. The number of amides is 1. The Morgan fingerprint density at radius 1 is 1.71 bits per heavy atom. The number of halogens is 1. The highest BCUT2D eigenvalue weighted by Crippen LogP contribution is 2.21. The van der Waals surface area contributed by atoms with Crippen LogP contribution >= 0.6 is 10.7 Å². The zero-order valence-electron chi connectivity index (χ0n) is 7.86. The Morgan fingerprint density at radius 3 is 2.64 bits per heavy atom. The van der Waals surface area contributed by atoms with E-state index in [9.17, 15) is 13.2 Å². The van der Waals surface area contributed by atoms with Crippen LogP contribution in [-0.4, -0.2) is 37.6 Å². The highest BCUT2D eigenvalue weighted by atomic mass is 35.7. The molecule has 0 aromatic rings. The molecule has 0 aliphatic carbocycles. The van der Waals surface area contributed by atoms with Gasteiger partial charge >= 0.3 is 0 Å². The summed E-state index contributed by atoms with van der Waals surface area (Å²) < 4.78 is 21.9. The van der Waals surface area contributed by atoms with Crippen molar-refractivity contribution in [3.05, 3.63) is 12.2 Å². The van der Waals surface area contributed by atoms with Crippen molar-refractivity contribution in [3.63, 3.8) is 0 Å². The molecule has 1 saturated heterocycles. The van der Waals surface area contributed by atoms with Crippen LogP contribution in [0.25, 0.3) is 0 Å². The normalized spacial score (nSPS) is 22.9. The molecule has 0 spiro atoms. The highest BCUT2D eigenvalue weighted by molar-refractivity contribution is 8.14. The molecule has 80 valence electrons. The van der Waals surface area contributed by atoms with Gasteiger partial charge in [-0.2, -0.15) is 0 Å². The number of rotatable bonds is 3. The van der Waals surface area contributed by atoms with Crippen LogP contribution in [0.15, 0.2) is 12.2 Å². The van der Waals surface area contributed by atoms with Crippen LogP contribution in [0, 0.1) is 0 Å². The SMILES string of the molecule is C=C(C)CN1CC(S(=O)(=O)Cl)CC1=O. The van der Waals surface area contributed by atoms with E-state index >= 15 is 0 Å². The number of carbonyl (C=O) groups excluding carboxylic acids is 1. The van der Waals surface area contributed by atoms with Gasteiger partial charge in [-0.1, -0.05) is 12.2 Å². The van der Waals surface area contributed by atoms with Crippen molar-refractivity contribution < 1.29 is 13.2 Å². The van der Waals surface area contributed by atoms with E-state index in [1.807, 2.05) is 0 Å². The smallest absolute Gasteiger partial charge is 0.237 e. The minimum absolute atomic E-state index is 0.0148. The zero-order valence-corrected chi connectivity index (χ0v) is 9.44. The maximum absolute atomic E-state index is 11.3. The number of hydrogen-bond donors (Lipinski definition) is 0. The van der Waals surface area contributed by atoms with Crippen molar-refractivity contribution in [3.8, 4) is 0 Å². The summed E-state index contributed by atoms with van der Waals surface area (Å²) in [5.41, 5.74) is 0.825. The predicted molar refractivity (Wildman–Crippen MR) is 54.6 cm³/mol. The largest absolute Gasteiger partial charge is 0.337 e. The average Bonchev–Trinajstić information content (AvgIpc) is 2.30. The Bertz CT molecular complexity index is 363. The number of hydrogen-bond acceptors (Lipinski definition) is 3. The average molecular weight is 238 g/mol. The Hall–Kier alpha value is -0.550. The molecule has 1 fully saturated rings. The first-order valence-corrected chi connectivity index (χ1v) is 6.53. The molecule has 1 unspecified atom stereocenters. The van der Waals surface area contributed by atoms with Gasteiger partial charge in [0.05, 0.1) is 0 Å². The summed E-state index contributed by atoms with van der Waals surface area (Å²) in [5.74, 6) is -0.178. The Morgan fingerprint density at radius 2 is 2.29 bits per heavy atom. The van der Waals surface area contributed by atoms with Crippen LogP contribution in [-0.2, 0) is 13.8 Å². The molecular formula is C8H12ClNO3S. The third-order valence-electron chi connectivity index (χ3n) is 2.04. The van der Waals surface area contributed by atoms with E-state index in [2.05, 4.69) is 6.58 Å². The summed E-state index contributed by atoms with van der Waals surface area (Å²) in [6.07, 6.45) is -0.0148. The fourth-order valence-electron chi connectivity index (χ4n) is 1.40. The van der Waals surface area contributed by atoms with Crippen LogP contribution in [0.4, 0.5) is 0 Å². The summed E-state index contributed by atoms with van der Waals surface area (Å²) in [5, 5.41) is -0.768. The van der Waals surface area contributed by atoms with Crippen molar-refractivity contribution in [1.29, 1.82) is 0 Å². The Labute approximate surface area is 88.0 Å². The second kappa shape index (κ2) is 3.90. The van der Waals surface area contributed by atoms with Gasteiger partial charge in [-0.25, -0.2) is 8.42 Å². The molecule has 1 aliphatic heterocycles. The van der Waals surface area contributed by atoms with Crippen LogP contribution in [0.1, 0.15) is 13.3 Å². The first-order chi connectivity index (χ1) is 6.30. The molecule has 1 amide bonds. The third kappa shape index (κ3) is 2.72. The lowest BCUT2D eigenvalue weighted by Gasteiger charge is -2.15. The topological polar surface area (TPSA) is 54.5 Å². The van der Waals surface area contributed by atoms with Gasteiger partial charge in [0.25, 0.3) is 0 Å². The second-order valence-corrected chi connectivity index (χ2v) is 6.44. The predicted octanol–water partition coefficient (Wildman–Crippen LogP) is 0.732. The maximum atomic E-state index is 11.3. The van der Waals surface area contributed by atoms with E-state index in [-0.39, 0.29) is 18.9 Å². The Balaban J connectivity index is 2.70. The van der Waals surface area contributed by atoms with Gasteiger partial charge in [0.2, 0.25) is 15.0 Å². The van der Waals surface area contributed by atoms with E-state index in [0.717, 1.165) is 5.57 Å². The second-order valence-electron chi connectivity index (χ2n) is 3.53. The molecule has 6 heteroatoms. The molecule has 0 N–H and O–H groups in total. The molecular weight excluding hydrogens is 226 g/mol. The quantitative estimate of drug-likeness (QED) is 0.537. The van der Waals surface area contributed by atoms with Gasteiger partial charge < -0.3 is 4.90 Å². The summed E-state index contributed by atoms with van der Waals surface area (Å²) in [7, 11) is 1.55. The van der Waals surface area contributed by atoms with Gasteiger partial charge in [0.1, 0.15) is 5.25 Å². The summed E-state index contributed by atoms with van der Waals surface area (Å²) >= 11 is 0. The van der Waals surface area contributed by atoms with Crippen LogP contribution in [0.5, 0.6) is 0 Å². The third-order valence-corrected chi connectivity index (χ3v) is 3.91. The van der Waals surface area contributed by atoms with Gasteiger partial charge in [0.15, 0.2) is 0 Å². The van der Waals surface area contributed by atoms with Crippen LogP contribution in [0.3, 0.4) is 0 Å². The molecule has 4 nitrogen and oxygen atoms in total. The molecule has 0 aromatic heterocycles. The van der Waals surface area contributed by atoms with E-state index in [1.165, 1.54) is 4.90 Å². The molecule has 14 heavy (non-hydrogen) atoms. The summed E-state index contributed by atoms with van der Waals surface area (Å²) in [4.78, 5) is 12.8. The standard InChI is InChI=1S/C8H12ClNO3S/c1-6(2)4-10-5-7(3-8(10)11)14(9,12)13/h7H,1,3-5H2,2H3. The molecule has 0 saturated carbocycles. The highest BCUT2D eigenvalue weighted by Gasteiger charge is 2.36. The van der Waals surface area contributed by atoms with E-state index < -0.39 is 14.3 Å². The van der Waals surface area contributed by atoms with Crippen molar-refractivity contribution in [1.82, 2.24) is 4.90 Å². The number of carbonyl (C=O) groups is 1. The first-order valence-electron chi connectivity index (χ1n) is 4.16. The van der Waals surface area contributed by atoms with Crippen molar-refractivity contribution in [2.45, 2.75) is 18.6 Å². The van der Waals surface area contributed by atoms with Crippen LogP contribution < -0.4 is 0 Å². The van der Waals surface area contributed by atoms with E-state index in [0.29, 0.717) is 6.54 Å². The summed E-state index contributed by atoms with van der Waals surface area (Å²) in [6.45, 7) is 6.03. The number of nitrogens with zero attached hydrogens (tertiary/aromatic N) is 1. The molecule has 0 aromatic carbocycles. The van der Waals surface area contributed by atoms with E-state index in [4.69, 9.17) is 10.7 Å². The minimum atomic E-state index is -3.62. The molecule has 1 heterocycles. The van der Waals surface area contributed by atoms with Crippen molar-refractivity contribution in [2.75, 3.05) is 13.1 Å². The molecule has 1 rings (SSSR count). The fourth-order valence-corrected chi connectivity index (χ4v) is 2.46. The Kier molecular flexibility index (Phi) is 3.21. The molecule has 0 radical (unpaired) electrons. The molecule has 1 atom stereocenters. The lowest BCUT2D eigenvalue weighted by Crippen LogP contribution is -2.28. The maximum Gasteiger partial charge on any atom is 0.237 e. The number of likely N-dealkylation sites (tertiary alicyclic amines) is 1. The zero-order chi connectivity index (χ0) is 10.9. The minimum Gasteiger partial charge on any atom is -0.337 e. The van der Waals surface area contributed by atoms with Gasteiger partial charge in [-0.3, -0.25) is 4.79 Å². The lowest BCUT2D eigenvalue weighted by atomic mass is 10.3. The van der Waals surface area contributed by atoms with Gasteiger partial charge in [-0.05, 0) is 6.92 Å². The van der Waals surface area contributed by atoms with Crippen molar-refractivity contribution in [2.24, 2.45) is 0 Å². The van der Waals surface area contributed by atoms with Crippen molar-refractivity contribution >= 4 is 25.6 Å². The van der Waals surface area contributed by atoms with Crippen LogP contribution in [0.2, 0.25) is 0 Å². The molecule has 1 aliphatic rings. The fraction of sp³-hybridized carbons (Fsp3) is 0.625. The van der Waals surface area contributed by atoms with Gasteiger partial charge in [0, 0.05) is 30.2 Å². The first kappa shape index (κ1) is 11.5. The van der Waals surface area contributed by atoms with Gasteiger partial charge in [-0.15, -0.1) is 0 Å². The summed E-state index contributed by atoms with van der Waals surface area (Å²) in [6, 6.07) is 0.